The molecule has 2 amide bonds. The van der Waals surface area contributed by atoms with Gasteiger partial charge in [-0.3, -0.25) is 10.1 Å². The van der Waals surface area contributed by atoms with Gasteiger partial charge in [-0.25, -0.2) is 9.18 Å². The summed E-state index contributed by atoms with van der Waals surface area (Å²) in [6.45, 7) is 0.881. The number of rotatable bonds is 7. The summed E-state index contributed by atoms with van der Waals surface area (Å²) in [4.78, 5) is 26.4. The minimum Gasteiger partial charge on any atom is -0.448 e. The number of likely N-dealkylation sites (N-methyl/N-ethyl adjacent to an activating group) is 1. The number of carbonyl (C=O) groups is 2. The van der Waals surface area contributed by atoms with Crippen molar-refractivity contribution in [1.29, 1.82) is 0 Å². The van der Waals surface area contributed by atoms with Crippen LogP contribution in [0, 0.1) is 5.82 Å². The van der Waals surface area contributed by atoms with Crippen LogP contribution in [0.25, 0.3) is 11.1 Å². The van der Waals surface area contributed by atoms with E-state index >= 15 is 0 Å². The van der Waals surface area contributed by atoms with Gasteiger partial charge in [-0.1, -0.05) is 23.7 Å². The van der Waals surface area contributed by atoms with Crippen LogP contribution in [0.15, 0.2) is 60.7 Å². The Morgan fingerprint density at radius 1 is 1.00 bits per heavy atom. The van der Waals surface area contributed by atoms with Crippen molar-refractivity contribution in [2.75, 3.05) is 43.6 Å². The van der Waals surface area contributed by atoms with Crippen LogP contribution in [0.4, 0.5) is 26.2 Å². The second kappa shape index (κ2) is 10.8. The van der Waals surface area contributed by atoms with Crippen molar-refractivity contribution in [1.82, 2.24) is 4.90 Å². The van der Waals surface area contributed by atoms with Gasteiger partial charge in [-0.2, -0.15) is 0 Å². The first-order valence-electron chi connectivity index (χ1n) is 10.1. The van der Waals surface area contributed by atoms with E-state index in [0.29, 0.717) is 40.3 Å². The molecular weight excluding hydrogens is 447 g/mol. The summed E-state index contributed by atoms with van der Waals surface area (Å²) < 4.78 is 18.9. The number of hydrogen-bond donors (Lipinski definition) is 3. The van der Waals surface area contributed by atoms with Crippen LogP contribution in [0.2, 0.25) is 5.02 Å². The molecule has 0 radical (unpaired) electrons. The number of nitrogens with one attached hydrogen (secondary N) is 2. The largest absolute Gasteiger partial charge is 0.448 e. The van der Waals surface area contributed by atoms with Gasteiger partial charge >= 0.3 is 6.09 Å². The van der Waals surface area contributed by atoms with E-state index in [2.05, 4.69) is 10.6 Å². The fourth-order valence-corrected chi connectivity index (χ4v) is 3.01. The Bertz CT molecular complexity index is 1150. The lowest BCUT2D eigenvalue weighted by Gasteiger charge is -2.12. The summed E-state index contributed by atoms with van der Waals surface area (Å²) in [7, 11) is 3.76. The first-order valence-corrected chi connectivity index (χ1v) is 10.5. The number of hydrogen-bond acceptors (Lipinski definition) is 5. The minimum atomic E-state index is -0.572. The second-order valence-electron chi connectivity index (χ2n) is 7.53. The molecule has 9 heteroatoms. The van der Waals surface area contributed by atoms with E-state index in [1.165, 1.54) is 12.1 Å². The second-order valence-corrected chi connectivity index (χ2v) is 7.93. The first kappa shape index (κ1) is 24.0. The molecule has 7 nitrogen and oxygen atoms in total. The van der Waals surface area contributed by atoms with Crippen molar-refractivity contribution in [3.05, 3.63) is 77.1 Å². The highest BCUT2D eigenvalue weighted by atomic mass is 35.5. The quantitative estimate of drug-likeness (QED) is 0.418. The van der Waals surface area contributed by atoms with Crippen LogP contribution >= 0.6 is 11.6 Å². The summed E-state index contributed by atoms with van der Waals surface area (Å²) in [6.07, 6.45) is -0.572. The molecule has 33 heavy (non-hydrogen) atoms. The third kappa shape index (κ3) is 6.68. The minimum absolute atomic E-state index is 0.0301. The smallest absolute Gasteiger partial charge is 0.411 e. The number of nitrogen functional groups attached to an aromatic ring is 1. The van der Waals surface area contributed by atoms with Gasteiger partial charge in [0.1, 0.15) is 12.4 Å². The number of ether oxygens (including phenoxy) is 1. The number of amides is 2. The molecule has 0 atom stereocenters. The standard InChI is InChI=1S/C24H24ClFN4O3/c1-30(2)11-12-33-24(32)28-18-7-3-15(4-8-18)23(31)29-22-14-17(6-10-21(22)27)16-5-9-19(25)20(26)13-16/h3-10,13-14H,11-12,27H2,1-2H3,(H,28,32)(H,29,31). The van der Waals surface area contributed by atoms with Gasteiger partial charge in [-0.15, -0.1) is 0 Å². The molecule has 0 saturated heterocycles. The van der Waals surface area contributed by atoms with E-state index in [-0.39, 0.29) is 17.5 Å². The molecule has 0 aliphatic heterocycles. The van der Waals surface area contributed by atoms with Crippen molar-refractivity contribution in [3.63, 3.8) is 0 Å². The van der Waals surface area contributed by atoms with E-state index in [9.17, 15) is 14.0 Å². The molecule has 3 rings (SSSR count). The molecule has 3 aromatic rings. The maximum atomic E-state index is 13.8. The Balaban J connectivity index is 1.66. The van der Waals surface area contributed by atoms with Crippen LogP contribution in [-0.4, -0.2) is 44.1 Å². The van der Waals surface area contributed by atoms with Crippen LogP contribution < -0.4 is 16.4 Å². The average molecular weight is 471 g/mol. The molecule has 0 heterocycles. The summed E-state index contributed by atoms with van der Waals surface area (Å²) >= 11 is 5.75. The lowest BCUT2D eigenvalue weighted by Crippen LogP contribution is -2.22. The number of anilines is 3. The Hall–Kier alpha value is -3.62. The molecule has 0 fully saturated rings. The lowest BCUT2D eigenvalue weighted by molar-refractivity contribution is 0.102. The lowest BCUT2D eigenvalue weighted by atomic mass is 10.0. The number of nitrogens with two attached hydrogens (primary N) is 1. The maximum absolute atomic E-state index is 13.8. The third-order valence-corrected chi connectivity index (χ3v) is 5.03. The summed E-state index contributed by atoms with van der Waals surface area (Å²) in [6, 6.07) is 15.8. The number of halogens is 2. The highest BCUT2D eigenvalue weighted by Crippen LogP contribution is 2.29. The van der Waals surface area contributed by atoms with Crippen LogP contribution in [-0.2, 0) is 4.74 Å². The fraction of sp³-hybridized carbons (Fsp3) is 0.167. The number of nitrogens with zero attached hydrogens (tertiary/aromatic N) is 1. The molecule has 0 aliphatic rings. The highest BCUT2D eigenvalue weighted by molar-refractivity contribution is 6.30. The highest BCUT2D eigenvalue weighted by Gasteiger charge is 2.11. The number of carbonyl (C=O) groups excluding carboxylic acids is 2. The topological polar surface area (TPSA) is 96.7 Å². The van der Waals surface area contributed by atoms with Crippen LogP contribution in [0.3, 0.4) is 0 Å². The van der Waals surface area contributed by atoms with Gasteiger partial charge in [0.2, 0.25) is 0 Å². The predicted molar refractivity (Wildman–Crippen MR) is 129 cm³/mol. The molecule has 0 aromatic heterocycles. The Morgan fingerprint density at radius 3 is 2.33 bits per heavy atom. The molecule has 3 aromatic carbocycles. The Morgan fingerprint density at radius 2 is 1.67 bits per heavy atom. The van der Waals surface area contributed by atoms with E-state index in [1.54, 1.807) is 48.5 Å². The van der Waals surface area contributed by atoms with Gasteiger partial charge in [0.25, 0.3) is 5.91 Å². The molecule has 0 aliphatic carbocycles. The van der Waals surface area contributed by atoms with Gasteiger partial charge in [-0.05, 0) is 73.8 Å². The summed E-state index contributed by atoms with van der Waals surface area (Å²) in [5.41, 5.74) is 8.89. The zero-order valence-electron chi connectivity index (χ0n) is 18.2. The third-order valence-electron chi connectivity index (χ3n) is 4.72. The van der Waals surface area contributed by atoms with Crippen LogP contribution in [0.1, 0.15) is 10.4 Å². The molecule has 0 spiro atoms. The molecule has 172 valence electrons. The molecular formula is C24H24ClFN4O3. The zero-order valence-corrected chi connectivity index (χ0v) is 18.9. The average Bonchev–Trinajstić information content (AvgIpc) is 2.77. The van der Waals surface area contributed by atoms with Crippen molar-refractivity contribution in [2.45, 2.75) is 0 Å². The fourth-order valence-electron chi connectivity index (χ4n) is 2.89. The van der Waals surface area contributed by atoms with E-state index in [4.69, 9.17) is 22.1 Å². The van der Waals surface area contributed by atoms with Crippen molar-refractivity contribution in [2.24, 2.45) is 0 Å². The van der Waals surface area contributed by atoms with Crippen molar-refractivity contribution < 1.29 is 18.7 Å². The van der Waals surface area contributed by atoms with E-state index < -0.39 is 11.9 Å². The normalized spacial score (nSPS) is 10.7. The monoisotopic (exact) mass is 470 g/mol. The summed E-state index contributed by atoms with van der Waals surface area (Å²) in [5.74, 6) is -0.923. The van der Waals surface area contributed by atoms with E-state index in [1.807, 2.05) is 19.0 Å². The van der Waals surface area contributed by atoms with Gasteiger partial charge in [0.05, 0.1) is 16.4 Å². The first-order chi connectivity index (χ1) is 15.7. The summed E-state index contributed by atoms with van der Waals surface area (Å²) in [5, 5.41) is 5.39. The molecule has 0 bridgehead atoms. The van der Waals surface area contributed by atoms with Crippen molar-refractivity contribution >= 4 is 40.7 Å². The molecule has 4 N–H and O–H groups in total. The Labute approximate surface area is 196 Å². The van der Waals surface area contributed by atoms with E-state index in [0.717, 1.165) is 0 Å². The number of benzene rings is 3. The zero-order chi connectivity index (χ0) is 24.0. The van der Waals surface area contributed by atoms with Gasteiger partial charge in [0.15, 0.2) is 0 Å². The molecule has 0 saturated carbocycles. The Kier molecular flexibility index (Phi) is 7.87. The molecule has 0 unspecified atom stereocenters. The van der Waals surface area contributed by atoms with Crippen molar-refractivity contribution in [3.8, 4) is 11.1 Å². The predicted octanol–water partition coefficient (Wildman–Crippen LogP) is 5.09. The maximum Gasteiger partial charge on any atom is 0.411 e. The SMILES string of the molecule is CN(C)CCOC(=O)Nc1ccc(C(=O)Nc2cc(-c3ccc(Cl)c(F)c3)ccc2N)cc1. The van der Waals surface area contributed by atoms with Gasteiger partial charge < -0.3 is 20.7 Å². The van der Waals surface area contributed by atoms with Gasteiger partial charge in [0, 0.05) is 17.8 Å². The van der Waals surface area contributed by atoms with Crippen LogP contribution in [0.5, 0.6) is 0 Å².